The number of carbonyl (C=O) groups excluding carboxylic acids is 2. The van der Waals surface area contributed by atoms with E-state index in [1.54, 1.807) is 18.2 Å². The highest BCUT2D eigenvalue weighted by Crippen LogP contribution is 2.37. The van der Waals surface area contributed by atoms with E-state index in [2.05, 4.69) is 15.6 Å². The van der Waals surface area contributed by atoms with Gasteiger partial charge in [-0.25, -0.2) is 9.18 Å². The van der Waals surface area contributed by atoms with Crippen LogP contribution in [0.15, 0.2) is 64.3 Å². The first-order valence-electron chi connectivity index (χ1n) is 13.7. The second kappa shape index (κ2) is 13.3. The summed E-state index contributed by atoms with van der Waals surface area (Å²) >= 11 is 0. The van der Waals surface area contributed by atoms with E-state index in [1.807, 2.05) is 38.1 Å². The monoisotopic (exact) mass is 587 g/mol. The van der Waals surface area contributed by atoms with Gasteiger partial charge in [-0.2, -0.15) is 0 Å². The summed E-state index contributed by atoms with van der Waals surface area (Å²) in [5.41, 5.74) is 9.38. The summed E-state index contributed by atoms with van der Waals surface area (Å²) in [6.45, 7) is 4.54. The average Bonchev–Trinajstić information content (AvgIpc) is 2.97. The topological polar surface area (TPSA) is 148 Å². The van der Waals surface area contributed by atoms with E-state index in [9.17, 15) is 19.2 Å². The molecular weight excluding hydrogens is 553 g/mol. The molecule has 0 atom stereocenters. The van der Waals surface area contributed by atoms with Crippen molar-refractivity contribution in [3.63, 3.8) is 0 Å². The molecule has 4 aromatic rings. The highest BCUT2D eigenvalue weighted by molar-refractivity contribution is 6.04. The number of ether oxygens (including phenoxy) is 1. The smallest absolute Gasteiger partial charge is 0.328 e. The number of anilines is 1. The highest BCUT2D eigenvalue weighted by atomic mass is 19.1. The third-order valence-electron chi connectivity index (χ3n) is 7.39. The minimum Gasteiger partial charge on any atom is -0.496 e. The van der Waals surface area contributed by atoms with Crippen LogP contribution in [0.3, 0.4) is 0 Å². The molecule has 0 spiro atoms. The second-order valence-corrected chi connectivity index (χ2v) is 10.2. The molecule has 0 aliphatic rings. The Hall–Kier alpha value is -5.03. The van der Waals surface area contributed by atoms with Gasteiger partial charge in [0.25, 0.3) is 11.5 Å². The fraction of sp³-hybridized carbons (Fsp3) is 0.250. The Balaban J connectivity index is 1.64. The first-order valence-corrected chi connectivity index (χ1v) is 13.7. The van der Waals surface area contributed by atoms with Crippen molar-refractivity contribution in [3.8, 4) is 28.0 Å². The molecule has 0 unspecified atom stereocenters. The van der Waals surface area contributed by atoms with E-state index in [0.717, 1.165) is 38.6 Å². The maximum absolute atomic E-state index is 15.4. The van der Waals surface area contributed by atoms with Crippen LogP contribution in [-0.4, -0.2) is 35.0 Å². The highest BCUT2D eigenvalue weighted by Gasteiger charge is 2.18. The Bertz CT molecular complexity index is 1810. The van der Waals surface area contributed by atoms with Crippen LogP contribution in [0.1, 0.15) is 39.9 Å². The third kappa shape index (κ3) is 6.73. The Labute approximate surface area is 247 Å². The van der Waals surface area contributed by atoms with Crippen molar-refractivity contribution < 1.29 is 18.7 Å². The van der Waals surface area contributed by atoms with Crippen molar-refractivity contribution in [3.05, 3.63) is 104 Å². The fourth-order valence-corrected chi connectivity index (χ4v) is 4.94. The number of amides is 2. The number of H-pyrrole nitrogens is 1. The Morgan fingerprint density at radius 2 is 1.70 bits per heavy atom. The molecule has 5 N–H and O–H groups in total. The standard InChI is InChI=1S/C32H34FN5O5/c1-18-21(20-14-26(33)24(28(15-20)43-4)16-35-13-7-12-29(34)39)8-5-9-22(18)23-10-6-11-27(19(23)2)37-30(40)25-17-36-32(42)38(3)31(25)41/h5-6,8-11,14-15,17,35H,7,12-13,16H2,1-4H3,(H2,34,39)(H,36,42)(H,37,40). The maximum Gasteiger partial charge on any atom is 0.328 e. The van der Waals surface area contributed by atoms with Crippen molar-refractivity contribution in [2.75, 3.05) is 19.0 Å². The lowest BCUT2D eigenvalue weighted by Gasteiger charge is -2.18. The molecule has 0 fully saturated rings. The van der Waals surface area contributed by atoms with E-state index >= 15 is 4.39 Å². The summed E-state index contributed by atoms with van der Waals surface area (Å²) in [6, 6.07) is 14.4. The van der Waals surface area contributed by atoms with Gasteiger partial charge in [0.2, 0.25) is 5.91 Å². The van der Waals surface area contributed by atoms with Crippen molar-refractivity contribution >= 4 is 17.5 Å². The number of hydrogen-bond acceptors (Lipinski definition) is 6. The lowest BCUT2D eigenvalue weighted by molar-refractivity contribution is -0.118. The van der Waals surface area contributed by atoms with E-state index in [0.29, 0.717) is 35.5 Å². The Morgan fingerprint density at radius 1 is 1.02 bits per heavy atom. The van der Waals surface area contributed by atoms with Crippen molar-refractivity contribution in [1.82, 2.24) is 14.9 Å². The number of benzene rings is 3. The van der Waals surface area contributed by atoms with Gasteiger partial charge in [0.15, 0.2) is 0 Å². The maximum atomic E-state index is 15.4. The number of hydrogen-bond donors (Lipinski definition) is 4. The molecular formula is C32H34FN5O5. The van der Waals surface area contributed by atoms with Crippen molar-refractivity contribution in [2.24, 2.45) is 12.8 Å². The molecule has 224 valence electrons. The van der Waals surface area contributed by atoms with Gasteiger partial charge in [-0.3, -0.25) is 19.0 Å². The van der Waals surface area contributed by atoms with Crippen LogP contribution >= 0.6 is 0 Å². The molecule has 0 aliphatic carbocycles. The molecule has 2 amide bonds. The van der Waals surface area contributed by atoms with Crippen LogP contribution < -0.4 is 32.4 Å². The predicted molar refractivity (Wildman–Crippen MR) is 164 cm³/mol. The number of aromatic nitrogens is 2. The molecule has 1 aromatic heterocycles. The van der Waals surface area contributed by atoms with Crippen molar-refractivity contribution in [2.45, 2.75) is 33.2 Å². The van der Waals surface area contributed by atoms with Gasteiger partial charge in [-0.15, -0.1) is 0 Å². The van der Waals surface area contributed by atoms with Crippen LogP contribution in [0.5, 0.6) is 5.75 Å². The number of aromatic amines is 1. The van der Waals surface area contributed by atoms with E-state index in [1.165, 1.54) is 20.2 Å². The minimum absolute atomic E-state index is 0.189. The SMILES string of the molecule is COc1cc(-c2cccc(-c3cccc(NC(=O)c4c[nH]c(=O)n(C)c4=O)c3C)c2C)cc(F)c1CNCCCC(N)=O. The molecule has 43 heavy (non-hydrogen) atoms. The summed E-state index contributed by atoms with van der Waals surface area (Å²) in [4.78, 5) is 50.4. The fourth-order valence-electron chi connectivity index (χ4n) is 4.94. The Kier molecular flexibility index (Phi) is 9.56. The van der Waals surface area contributed by atoms with Gasteiger partial charge < -0.3 is 26.1 Å². The number of nitrogens with two attached hydrogens (primary N) is 1. The largest absolute Gasteiger partial charge is 0.496 e. The second-order valence-electron chi connectivity index (χ2n) is 10.2. The third-order valence-corrected chi connectivity index (χ3v) is 7.39. The molecule has 0 aliphatic heterocycles. The summed E-state index contributed by atoms with van der Waals surface area (Å²) in [6.07, 6.45) is 1.91. The number of carbonyl (C=O) groups is 2. The normalized spacial score (nSPS) is 10.9. The van der Waals surface area contributed by atoms with Gasteiger partial charge in [0.1, 0.15) is 17.1 Å². The van der Waals surface area contributed by atoms with Gasteiger partial charge in [-0.1, -0.05) is 30.3 Å². The summed E-state index contributed by atoms with van der Waals surface area (Å²) in [7, 11) is 2.78. The van der Waals surface area contributed by atoms with Crippen molar-refractivity contribution in [1.29, 1.82) is 0 Å². The van der Waals surface area contributed by atoms with Gasteiger partial charge in [0.05, 0.1) is 7.11 Å². The van der Waals surface area contributed by atoms with Gasteiger partial charge >= 0.3 is 5.69 Å². The lowest BCUT2D eigenvalue weighted by atomic mass is 9.90. The molecule has 0 bridgehead atoms. The molecule has 10 nitrogen and oxygen atoms in total. The predicted octanol–water partition coefficient (Wildman–Crippen LogP) is 3.78. The van der Waals surface area contributed by atoms with Crippen LogP contribution in [0.4, 0.5) is 10.1 Å². The van der Waals surface area contributed by atoms with Crippen LogP contribution in [0, 0.1) is 19.7 Å². The van der Waals surface area contributed by atoms with E-state index in [-0.39, 0.29) is 24.4 Å². The van der Waals surface area contributed by atoms with E-state index < -0.39 is 23.0 Å². The molecule has 4 rings (SSSR count). The molecule has 0 saturated carbocycles. The number of halogens is 1. The van der Waals surface area contributed by atoms with Crippen LogP contribution in [0.25, 0.3) is 22.3 Å². The number of methoxy groups -OCH3 is 1. The van der Waals surface area contributed by atoms with E-state index in [4.69, 9.17) is 10.5 Å². The number of nitrogens with one attached hydrogen (secondary N) is 3. The van der Waals surface area contributed by atoms with Crippen LogP contribution in [-0.2, 0) is 18.4 Å². The summed E-state index contributed by atoms with van der Waals surface area (Å²) in [5, 5.41) is 5.91. The van der Waals surface area contributed by atoms with Gasteiger partial charge in [0, 0.05) is 37.5 Å². The number of primary amides is 1. The summed E-state index contributed by atoms with van der Waals surface area (Å²) < 4.78 is 21.7. The van der Waals surface area contributed by atoms with Crippen LogP contribution in [0.2, 0.25) is 0 Å². The average molecular weight is 588 g/mol. The molecule has 1 heterocycles. The quantitative estimate of drug-likeness (QED) is 0.196. The first-order chi connectivity index (χ1) is 20.5. The molecule has 3 aromatic carbocycles. The number of nitrogens with zero attached hydrogens (tertiary/aromatic N) is 1. The number of rotatable bonds is 11. The zero-order valence-corrected chi connectivity index (χ0v) is 24.5. The Morgan fingerprint density at radius 3 is 2.40 bits per heavy atom. The zero-order chi connectivity index (χ0) is 31.3. The summed E-state index contributed by atoms with van der Waals surface area (Å²) in [5.74, 6) is -1.04. The van der Waals surface area contributed by atoms with Gasteiger partial charge in [-0.05, 0) is 78.4 Å². The molecule has 0 saturated heterocycles. The first kappa shape index (κ1) is 30.9. The molecule has 11 heteroatoms. The minimum atomic E-state index is -0.703. The lowest BCUT2D eigenvalue weighted by Crippen LogP contribution is -2.37. The zero-order valence-electron chi connectivity index (χ0n) is 24.5. The molecule has 0 radical (unpaired) electrons.